The van der Waals surface area contributed by atoms with E-state index in [1.54, 1.807) is 0 Å². The highest BCUT2D eigenvalue weighted by Gasteiger charge is 2.16. The molecule has 3 rings (SSSR count). The molecule has 0 aromatic heterocycles. The first-order valence-electron chi connectivity index (χ1n) is 9.12. The maximum Gasteiger partial charge on any atom is 0.119 e. The number of para-hydroxylation sites is 1. The zero-order valence-electron chi connectivity index (χ0n) is 15.1. The van der Waals surface area contributed by atoms with Crippen molar-refractivity contribution in [1.82, 2.24) is 9.80 Å². The molecule has 0 saturated carbocycles. The molecule has 2 aromatic rings. The third kappa shape index (κ3) is 6.07. The first-order chi connectivity index (χ1) is 12.3. The molecule has 25 heavy (non-hydrogen) atoms. The van der Waals surface area contributed by atoms with Gasteiger partial charge in [-0.1, -0.05) is 30.3 Å². The predicted octanol–water partition coefficient (Wildman–Crippen LogP) is 3.07. The van der Waals surface area contributed by atoms with Crippen molar-refractivity contribution in [3.8, 4) is 11.5 Å². The fraction of sp³-hybridized carbons (Fsp3) is 0.429. The Morgan fingerprint density at radius 1 is 0.720 bits per heavy atom. The van der Waals surface area contributed by atoms with Crippen LogP contribution in [0.3, 0.4) is 0 Å². The smallest absolute Gasteiger partial charge is 0.119 e. The summed E-state index contributed by atoms with van der Waals surface area (Å²) in [5, 5.41) is 0. The van der Waals surface area contributed by atoms with E-state index in [1.807, 2.05) is 42.5 Å². The summed E-state index contributed by atoms with van der Waals surface area (Å²) in [6.45, 7) is 9.97. The standard InChI is InChI=1S/C21H28N2O2/c1-19-6-5-9-21(18-19)25-17-15-23-12-10-22(11-13-23)14-16-24-20-7-3-2-4-8-20/h2-9,18H,10-17H2,1H3. The molecular formula is C21H28N2O2. The second-order valence-electron chi connectivity index (χ2n) is 6.51. The number of rotatable bonds is 8. The molecule has 0 aliphatic carbocycles. The van der Waals surface area contributed by atoms with Gasteiger partial charge in [0, 0.05) is 39.3 Å². The summed E-state index contributed by atoms with van der Waals surface area (Å²) >= 11 is 0. The highest BCUT2D eigenvalue weighted by Crippen LogP contribution is 2.12. The molecule has 4 nitrogen and oxygen atoms in total. The predicted molar refractivity (Wildman–Crippen MR) is 101 cm³/mol. The Morgan fingerprint density at radius 3 is 1.88 bits per heavy atom. The fourth-order valence-corrected chi connectivity index (χ4v) is 3.04. The van der Waals surface area contributed by atoms with Gasteiger partial charge in [0.15, 0.2) is 0 Å². The number of piperazine rings is 1. The van der Waals surface area contributed by atoms with E-state index in [0.29, 0.717) is 0 Å². The number of hydrogen-bond donors (Lipinski definition) is 0. The van der Waals surface area contributed by atoms with Crippen LogP contribution in [0.5, 0.6) is 11.5 Å². The molecule has 1 heterocycles. The molecule has 2 aromatic carbocycles. The third-order valence-corrected chi connectivity index (χ3v) is 4.55. The zero-order valence-corrected chi connectivity index (χ0v) is 15.1. The summed E-state index contributed by atoms with van der Waals surface area (Å²) in [5.74, 6) is 1.92. The summed E-state index contributed by atoms with van der Waals surface area (Å²) < 4.78 is 11.6. The lowest BCUT2D eigenvalue weighted by Gasteiger charge is -2.34. The highest BCUT2D eigenvalue weighted by molar-refractivity contribution is 5.27. The first kappa shape index (κ1) is 17.8. The molecule has 0 amide bonds. The van der Waals surface area contributed by atoms with Gasteiger partial charge in [-0.05, 0) is 36.8 Å². The second-order valence-corrected chi connectivity index (χ2v) is 6.51. The van der Waals surface area contributed by atoms with Gasteiger partial charge in [-0.25, -0.2) is 0 Å². The van der Waals surface area contributed by atoms with E-state index in [-0.39, 0.29) is 0 Å². The normalized spacial score (nSPS) is 15.9. The summed E-state index contributed by atoms with van der Waals surface area (Å²) in [5.41, 5.74) is 1.24. The Hall–Kier alpha value is -2.04. The van der Waals surface area contributed by atoms with Gasteiger partial charge in [0.2, 0.25) is 0 Å². The van der Waals surface area contributed by atoms with Crippen molar-refractivity contribution in [1.29, 1.82) is 0 Å². The van der Waals surface area contributed by atoms with Gasteiger partial charge in [0.1, 0.15) is 24.7 Å². The van der Waals surface area contributed by atoms with E-state index in [2.05, 4.69) is 28.9 Å². The minimum Gasteiger partial charge on any atom is -0.492 e. The largest absolute Gasteiger partial charge is 0.492 e. The molecule has 1 aliphatic rings. The van der Waals surface area contributed by atoms with Crippen LogP contribution < -0.4 is 9.47 Å². The lowest BCUT2D eigenvalue weighted by molar-refractivity contribution is 0.105. The molecule has 0 atom stereocenters. The van der Waals surface area contributed by atoms with E-state index < -0.39 is 0 Å². The van der Waals surface area contributed by atoms with Crippen LogP contribution in [0.1, 0.15) is 5.56 Å². The quantitative estimate of drug-likeness (QED) is 0.737. The Labute approximate surface area is 151 Å². The molecular weight excluding hydrogens is 312 g/mol. The molecule has 0 spiro atoms. The average Bonchev–Trinajstić information content (AvgIpc) is 2.64. The van der Waals surface area contributed by atoms with Crippen LogP contribution in [-0.2, 0) is 0 Å². The molecule has 1 aliphatic heterocycles. The lowest BCUT2D eigenvalue weighted by atomic mass is 10.2. The van der Waals surface area contributed by atoms with Crippen LogP contribution in [0, 0.1) is 6.92 Å². The summed E-state index contributed by atoms with van der Waals surface area (Å²) in [7, 11) is 0. The number of benzene rings is 2. The number of hydrogen-bond acceptors (Lipinski definition) is 4. The minimum absolute atomic E-state index is 0.750. The Morgan fingerprint density at radius 2 is 1.28 bits per heavy atom. The molecule has 1 fully saturated rings. The third-order valence-electron chi connectivity index (χ3n) is 4.55. The van der Waals surface area contributed by atoms with Gasteiger partial charge in [-0.2, -0.15) is 0 Å². The van der Waals surface area contributed by atoms with Crippen molar-refractivity contribution in [3.63, 3.8) is 0 Å². The van der Waals surface area contributed by atoms with E-state index in [9.17, 15) is 0 Å². The van der Waals surface area contributed by atoms with Gasteiger partial charge < -0.3 is 9.47 Å². The van der Waals surface area contributed by atoms with Gasteiger partial charge in [-0.3, -0.25) is 9.80 Å². The number of ether oxygens (including phenoxy) is 2. The SMILES string of the molecule is Cc1cccc(OCCN2CCN(CCOc3ccccc3)CC2)c1. The molecule has 0 N–H and O–H groups in total. The number of nitrogens with zero attached hydrogens (tertiary/aromatic N) is 2. The topological polar surface area (TPSA) is 24.9 Å². The fourth-order valence-electron chi connectivity index (χ4n) is 3.04. The van der Waals surface area contributed by atoms with Crippen molar-refractivity contribution >= 4 is 0 Å². The minimum atomic E-state index is 0.750. The molecule has 4 heteroatoms. The van der Waals surface area contributed by atoms with Crippen molar-refractivity contribution in [2.45, 2.75) is 6.92 Å². The molecule has 134 valence electrons. The van der Waals surface area contributed by atoms with Gasteiger partial charge >= 0.3 is 0 Å². The Kier molecular flexibility index (Phi) is 6.71. The van der Waals surface area contributed by atoms with Gasteiger partial charge in [-0.15, -0.1) is 0 Å². The van der Waals surface area contributed by atoms with Crippen molar-refractivity contribution in [2.75, 3.05) is 52.5 Å². The van der Waals surface area contributed by atoms with Gasteiger partial charge in [0.25, 0.3) is 0 Å². The van der Waals surface area contributed by atoms with E-state index >= 15 is 0 Å². The monoisotopic (exact) mass is 340 g/mol. The summed E-state index contributed by atoms with van der Waals surface area (Å²) in [4.78, 5) is 4.95. The van der Waals surface area contributed by atoms with Crippen molar-refractivity contribution in [2.24, 2.45) is 0 Å². The van der Waals surface area contributed by atoms with Crippen molar-refractivity contribution in [3.05, 3.63) is 60.2 Å². The van der Waals surface area contributed by atoms with Crippen LogP contribution in [0.4, 0.5) is 0 Å². The van der Waals surface area contributed by atoms with Gasteiger partial charge in [0.05, 0.1) is 0 Å². The second kappa shape index (κ2) is 9.44. The molecule has 0 radical (unpaired) electrons. The zero-order chi connectivity index (χ0) is 17.3. The Bertz CT molecular complexity index is 625. The lowest BCUT2D eigenvalue weighted by Crippen LogP contribution is -2.48. The number of aryl methyl sites for hydroxylation is 1. The first-order valence-corrected chi connectivity index (χ1v) is 9.12. The van der Waals surface area contributed by atoms with Crippen LogP contribution in [-0.4, -0.2) is 62.3 Å². The van der Waals surface area contributed by atoms with Crippen LogP contribution in [0.2, 0.25) is 0 Å². The van der Waals surface area contributed by atoms with Crippen LogP contribution in [0.15, 0.2) is 54.6 Å². The van der Waals surface area contributed by atoms with E-state index in [0.717, 1.165) is 64.0 Å². The van der Waals surface area contributed by atoms with Crippen molar-refractivity contribution < 1.29 is 9.47 Å². The van der Waals surface area contributed by atoms with E-state index in [4.69, 9.17) is 9.47 Å². The van der Waals surface area contributed by atoms with Crippen LogP contribution >= 0.6 is 0 Å². The summed E-state index contributed by atoms with van der Waals surface area (Å²) in [6.07, 6.45) is 0. The summed E-state index contributed by atoms with van der Waals surface area (Å²) in [6, 6.07) is 18.3. The Balaban J connectivity index is 1.28. The maximum absolute atomic E-state index is 5.86. The average molecular weight is 340 g/mol. The molecule has 0 bridgehead atoms. The van der Waals surface area contributed by atoms with Crippen LogP contribution in [0.25, 0.3) is 0 Å². The maximum atomic E-state index is 5.86. The highest BCUT2D eigenvalue weighted by atomic mass is 16.5. The van der Waals surface area contributed by atoms with E-state index in [1.165, 1.54) is 5.56 Å². The molecule has 1 saturated heterocycles. The molecule has 0 unspecified atom stereocenters.